The zero-order chi connectivity index (χ0) is 10.9. The molecule has 3 nitrogen and oxygen atoms in total. The van der Waals surface area contributed by atoms with E-state index in [4.69, 9.17) is 11.6 Å². The molecule has 84 valence electrons. The predicted molar refractivity (Wildman–Crippen MR) is 57.8 cm³/mol. The lowest BCUT2D eigenvalue weighted by atomic mass is 9.91. The Morgan fingerprint density at radius 1 is 1.60 bits per heavy atom. The quantitative estimate of drug-likeness (QED) is 0.845. The summed E-state index contributed by atoms with van der Waals surface area (Å²) in [5.74, 6) is 0. The van der Waals surface area contributed by atoms with Crippen LogP contribution in [0.4, 0.5) is 4.39 Å². The van der Waals surface area contributed by atoms with Gasteiger partial charge >= 0.3 is 0 Å². The molecule has 15 heavy (non-hydrogen) atoms. The first-order chi connectivity index (χ1) is 7.17. The highest BCUT2D eigenvalue weighted by Gasteiger charge is 2.38. The van der Waals surface area contributed by atoms with E-state index in [9.17, 15) is 4.39 Å². The molecule has 0 unspecified atom stereocenters. The van der Waals surface area contributed by atoms with Gasteiger partial charge in [-0.15, -0.1) is 0 Å². The third-order valence-corrected chi connectivity index (χ3v) is 3.19. The van der Waals surface area contributed by atoms with Crippen LogP contribution in [-0.4, -0.2) is 22.9 Å². The summed E-state index contributed by atoms with van der Waals surface area (Å²) in [6.45, 7) is 3.99. The zero-order valence-corrected chi connectivity index (χ0v) is 9.52. The fourth-order valence-corrected chi connectivity index (χ4v) is 2.42. The molecule has 1 fully saturated rings. The summed E-state index contributed by atoms with van der Waals surface area (Å²) in [6.07, 6.45) is 2.47. The summed E-state index contributed by atoms with van der Waals surface area (Å²) >= 11 is 6.00. The number of halogens is 2. The summed E-state index contributed by atoms with van der Waals surface area (Å²) < 4.78 is 16.3. The molecule has 1 N–H and O–H groups in total. The molecule has 0 aromatic carbocycles. The van der Waals surface area contributed by atoms with Crippen molar-refractivity contribution in [2.75, 3.05) is 13.1 Å². The lowest BCUT2D eigenvalue weighted by Crippen LogP contribution is -2.38. The largest absolute Gasteiger partial charge is 0.316 e. The summed E-state index contributed by atoms with van der Waals surface area (Å²) in [5.41, 5.74) is -0.761. The highest BCUT2D eigenvalue weighted by Crippen LogP contribution is 2.38. The second-order valence-electron chi connectivity index (χ2n) is 3.87. The number of nitrogens with zero attached hydrogens (tertiary/aromatic N) is 2. The van der Waals surface area contributed by atoms with Gasteiger partial charge in [0.15, 0.2) is 5.67 Å². The summed E-state index contributed by atoms with van der Waals surface area (Å²) in [7, 11) is 0. The molecule has 0 atom stereocenters. The molecule has 0 amide bonds. The Morgan fingerprint density at radius 3 is 2.87 bits per heavy atom. The molecule has 1 aliphatic heterocycles. The van der Waals surface area contributed by atoms with Crippen LogP contribution < -0.4 is 5.32 Å². The molecule has 1 aromatic heterocycles. The fourth-order valence-electron chi connectivity index (χ4n) is 2.11. The smallest absolute Gasteiger partial charge is 0.156 e. The average molecular weight is 232 g/mol. The van der Waals surface area contributed by atoms with E-state index in [0.717, 1.165) is 0 Å². The predicted octanol–water partition coefficient (Wildman–Crippen LogP) is 2.10. The topological polar surface area (TPSA) is 29.9 Å². The first-order valence-electron chi connectivity index (χ1n) is 5.29. The van der Waals surface area contributed by atoms with E-state index in [1.54, 1.807) is 4.68 Å². The summed E-state index contributed by atoms with van der Waals surface area (Å²) in [4.78, 5) is 0. The number of hydrogen-bond acceptors (Lipinski definition) is 2. The van der Waals surface area contributed by atoms with Gasteiger partial charge in [0.2, 0.25) is 0 Å². The van der Waals surface area contributed by atoms with Crippen molar-refractivity contribution in [3.63, 3.8) is 0 Å². The van der Waals surface area contributed by atoms with Crippen molar-refractivity contribution in [1.29, 1.82) is 0 Å². The Morgan fingerprint density at radius 2 is 2.27 bits per heavy atom. The monoisotopic (exact) mass is 231 g/mol. The third-order valence-electron chi connectivity index (χ3n) is 2.91. The minimum atomic E-state index is -1.31. The average Bonchev–Trinajstić information content (AvgIpc) is 2.61. The number of nitrogens with one attached hydrogen (secondary N) is 1. The molecule has 1 saturated heterocycles. The molecule has 0 bridgehead atoms. The van der Waals surface area contributed by atoms with Crippen LogP contribution in [0.3, 0.4) is 0 Å². The maximum atomic E-state index is 14.7. The van der Waals surface area contributed by atoms with Gasteiger partial charge in [0.25, 0.3) is 0 Å². The lowest BCUT2D eigenvalue weighted by molar-refractivity contribution is 0.104. The molecule has 1 aliphatic rings. The van der Waals surface area contributed by atoms with Gasteiger partial charge in [0, 0.05) is 6.54 Å². The Bertz CT molecular complexity index is 344. The van der Waals surface area contributed by atoms with Gasteiger partial charge in [0.05, 0.1) is 16.9 Å². The van der Waals surface area contributed by atoms with Gasteiger partial charge in [-0.25, -0.2) is 4.39 Å². The fraction of sp³-hybridized carbons (Fsp3) is 0.700. The van der Waals surface area contributed by atoms with Crippen LogP contribution in [-0.2, 0) is 12.2 Å². The molecule has 1 aromatic rings. The van der Waals surface area contributed by atoms with Crippen LogP contribution in [0.5, 0.6) is 0 Å². The van der Waals surface area contributed by atoms with E-state index < -0.39 is 5.67 Å². The highest BCUT2D eigenvalue weighted by atomic mass is 35.5. The van der Waals surface area contributed by atoms with Crippen LogP contribution in [0.2, 0.25) is 5.02 Å². The Hall–Kier alpha value is -0.610. The molecule has 0 saturated carbocycles. The Labute approximate surface area is 93.6 Å². The van der Waals surface area contributed by atoms with Gasteiger partial charge < -0.3 is 5.32 Å². The summed E-state index contributed by atoms with van der Waals surface area (Å²) in [5, 5.41) is 7.67. The van der Waals surface area contributed by atoms with E-state index in [2.05, 4.69) is 10.4 Å². The molecule has 2 heterocycles. The van der Waals surface area contributed by atoms with E-state index in [-0.39, 0.29) is 0 Å². The Kier molecular flexibility index (Phi) is 2.98. The molecule has 5 heteroatoms. The minimum Gasteiger partial charge on any atom is -0.316 e. The van der Waals surface area contributed by atoms with Crippen LogP contribution in [0, 0.1) is 0 Å². The van der Waals surface area contributed by atoms with Crippen molar-refractivity contribution >= 4 is 11.6 Å². The van der Waals surface area contributed by atoms with E-state index in [0.29, 0.717) is 43.2 Å². The van der Waals surface area contributed by atoms with E-state index >= 15 is 0 Å². The SMILES string of the molecule is CCn1ncc(Cl)c1C1(F)CCNCC1. The zero-order valence-electron chi connectivity index (χ0n) is 8.76. The summed E-state index contributed by atoms with van der Waals surface area (Å²) in [6, 6.07) is 0. The van der Waals surface area contributed by atoms with Crippen molar-refractivity contribution in [1.82, 2.24) is 15.1 Å². The second kappa shape index (κ2) is 4.10. The third kappa shape index (κ3) is 1.88. The number of piperidine rings is 1. The van der Waals surface area contributed by atoms with Gasteiger partial charge in [-0.1, -0.05) is 11.6 Å². The molecule has 0 aliphatic carbocycles. The van der Waals surface area contributed by atoms with Crippen LogP contribution in [0.1, 0.15) is 25.5 Å². The van der Waals surface area contributed by atoms with Gasteiger partial charge in [0.1, 0.15) is 0 Å². The van der Waals surface area contributed by atoms with Crippen LogP contribution >= 0.6 is 11.6 Å². The molecular formula is C10H15ClFN3. The number of hydrogen-bond donors (Lipinski definition) is 1. The first-order valence-corrected chi connectivity index (χ1v) is 5.66. The number of rotatable bonds is 2. The van der Waals surface area contributed by atoms with Crippen LogP contribution in [0.15, 0.2) is 6.20 Å². The normalized spacial score (nSPS) is 20.5. The number of aromatic nitrogens is 2. The first kappa shape index (κ1) is 10.9. The van der Waals surface area contributed by atoms with Crippen molar-refractivity contribution in [3.8, 4) is 0 Å². The van der Waals surface area contributed by atoms with Gasteiger partial charge in [-0.3, -0.25) is 4.68 Å². The standard InChI is InChI=1S/C10H15ClFN3/c1-2-15-9(8(11)7-14-15)10(12)3-5-13-6-4-10/h7,13H,2-6H2,1H3. The molecule has 0 spiro atoms. The molecule has 2 rings (SSSR count). The molecular weight excluding hydrogens is 217 g/mol. The van der Waals surface area contributed by atoms with Crippen molar-refractivity contribution in [2.24, 2.45) is 0 Å². The second-order valence-corrected chi connectivity index (χ2v) is 4.28. The van der Waals surface area contributed by atoms with E-state index in [1.165, 1.54) is 6.20 Å². The maximum absolute atomic E-state index is 14.7. The number of aryl methyl sites for hydroxylation is 1. The van der Waals surface area contributed by atoms with Crippen LogP contribution in [0.25, 0.3) is 0 Å². The van der Waals surface area contributed by atoms with E-state index in [1.807, 2.05) is 6.92 Å². The van der Waals surface area contributed by atoms with Crippen molar-refractivity contribution < 1.29 is 4.39 Å². The van der Waals surface area contributed by atoms with Crippen molar-refractivity contribution in [3.05, 3.63) is 16.9 Å². The maximum Gasteiger partial charge on any atom is 0.156 e. The number of alkyl halides is 1. The molecule has 0 radical (unpaired) electrons. The van der Waals surface area contributed by atoms with Gasteiger partial charge in [-0.2, -0.15) is 5.10 Å². The van der Waals surface area contributed by atoms with Crippen molar-refractivity contribution in [2.45, 2.75) is 32.0 Å². The highest BCUT2D eigenvalue weighted by molar-refractivity contribution is 6.31. The lowest BCUT2D eigenvalue weighted by Gasteiger charge is -2.30. The Balaban J connectivity index is 2.37. The minimum absolute atomic E-state index is 0.446. The van der Waals surface area contributed by atoms with Gasteiger partial charge in [-0.05, 0) is 32.9 Å².